The number of aromatic nitrogens is 1. The van der Waals surface area contributed by atoms with Gasteiger partial charge in [0.1, 0.15) is 5.15 Å². The van der Waals surface area contributed by atoms with Gasteiger partial charge in [-0.2, -0.15) is 0 Å². The summed E-state index contributed by atoms with van der Waals surface area (Å²) in [6, 6.07) is 7.93. The molecule has 1 saturated heterocycles. The van der Waals surface area contributed by atoms with Crippen LogP contribution in [0.5, 0.6) is 0 Å². The van der Waals surface area contributed by atoms with Crippen LogP contribution < -0.4 is 16.0 Å². The summed E-state index contributed by atoms with van der Waals surface area (Å²) in [7, 11) is 0. The van der Waals surface area contributed by atoms with Gasteiger partial charge in [0.25, 0.3) is 0 Å². The van der Waals surface area contributed by atoms with Gasteiger partial charge in [-0.15, -0.1) is 0 Å². The SMILES string of the molecule is CCC(=O)N[C@H]1CCN(c2c(C(C)N)ccc3ccc(Cl)nc23)C1. The van der Waals surface area contributed by atoms with Gasteiger partial charge in [-0.05, 0) is 31.0 Å². The molecule has 1 amide bonds. The molecule has 128 valence electrons. The molecule has 1 fully saturated rings. The number of nitrogens with zero attached hydrogens (tertiary/aromatic N) is 2. The molecule has 0 saturated carbocycles. The maximum atomic E-state index is 11.7. The lowest BCUT2D eigenvalue weighted by atomic mass is 10.0. The van der Waals surface area contributed by atoms with E-state index >= 15 is 0 Å². The molecule has 2 atom stereocenters. The molecule has 1 aromatic heterocycles. The second-order valence-corrected chi connectivity index (χ2v) is 6.74. The normalized spacial score (nSPS) is 18.8. The third-order valence-electron chi connectivity index (χ3n) is 4.51. The van der Waals surface area contributed by atoms with Crippen LogP contribution in [0.1, 0.15) is 38.3 Å². The van der Waals surface area contributed by atoms with Gasteiger partial charge in [-0.1, -0.05) is 30.7 Å². The number of fused-ring (bicyclic) bond motifs is 1. The molecule has 24 heavy (non-hydrogen) atoms. The first-order valence-corrected chi connectivity index (χ1v) is 8.76. The van der Waals surface area contributed by atoms with Gasteiger partial charge in [-0.3, -0.25) is 4.79 Å². The van der Waals surface area contributed by atoms with Gasteiger partial charge in [0.05, 0.1) is 11.2 Å². The number of amides is 1. The van der Waals surface area contributed by atoms with Gasteiger partial charge < -0.3 is 16.0 Å². The summed E-state index contributed by atoms with van der Waals surface area (Å²) in [5, 5.41) is 4.59. The molecule has 0 aliphatic carbocycles. The van der Waals surface area contributed by atoms with Crippen molar-refractivity contribution in [2.45, 2.75) is 38.8 Å². The van der Waals surface area contributed by atoms with Crippen molar-refractivity contribution in [1.29, 1.82) is 0 Å². The molecule has 2 heterocycles. The lowest BCUT2D eigenvalue weighted by Gasteiger charge is -2.25. The third kappa shape index (κ3) is 3.32. The minimum absolute atomic E-state index is 0.0911. The van der Waals surface area contributed by atoms with E-state index in [9.17, 15) is 4.79 Å². The molecule has 3 N–H and O–H groups in total. The average Bonchev–Trinajstić information content (AvgIpc) is 3.01. The Morgan fingerprint density at radius 1 is 1.46 bits per heavy atom. The summed E-state index contributed by atoms with van der Waals surface area (Å²) >= 11 is 6.13. The Kier molecular flexibility index (Phi) is 4.92. The number of carbonyl (C=O) groups excluding carboxylic acids is 1. The highest BCUT2D eigenvalue weighted by molar-refractivity contribution is 6.29. The Morgan fingerprint density at radius 2 is 2.21 bits per heavy atom. The Hall–Kier alpha value is -1.85. The van der Waals surface area contributed by atoms with Gasteiger partial charge in [0.2, 0.25) is 5.91 Å². The average molecular weight is 347 g/mol. The molecule has 0 radical (unpaired) electrons. The van der Waals surface area contributed by atoms with Crippen LogP contribution in [0.25, 0.3) is 10.9 Å². The molecule has 1 aromatic carbocycles. The number of anilines is 1. The summed E-state index contributed by atoms with van der Waals surface area (Å²) in [6.45, 7) is 5.47. The van der Waals surface area contributed by atoms with Crippen molar-refractivity contribution in [1.82, 2.24) is 10.3 Å². The number of carbonyl (C=O) groups is 1. The maximum absolute atomic E-state index is 11.7. The lowest BCUT2D eigenvalue weighted by molar-refractivity contribution is -0.121. The van der Waals surface area contributed by atoms with Gasteiger partial charge in [0, 0.05) is 37.0 Å². The predicted octanol–water partition coefficient (Wildman–Crippen LogP) is 3.01. The Bertz CT molecular complexity index is 762. The zero-order chi connectivity index (χ0) is 17.3. The number of hydrogen-bond donors (Lipinski definition) is 2. The molecule has 0 bridgehead atoms. The van der Waals surface area contributed by atoms with Crippen LogP contribution in [-0.4, -0.2) is 30.0 Å². The van der Waals surface area contributed by atoms with Gasteiger partial charge >= 0.3 is 0 Å². The summed E-state index contributed by atoms with van der Waals surface area (Å²) in [5.74, 6) is 0.0911. The van der Waals surface area contributed by atoms with Crippen molar-refractivity contribution in [2.75, 3.05) is 18.0 Å². The smallest absolute Gasteiger partial charge is 0.219 e. The summed E-state index contributed by atoms with van der Waals surface area (Å²) in [5.41, 5.74) is 9.16. The Labute approximate surface area is 147 Å². The first-order valence-electron chi connectivity index (χ1n) is 8.38. The fourth-order valence-electron chi connectivity index (χ4n) is 3.28. The van der Waals surface area contributed by atoms with Crippen LogP contribution in [0.2, 0.25) is 5.15 Å². The fourth-order valence-corrected chi connectivity index (χ4v) is 3.42. The van der Waals surface area contributed by atoms with E-state index in [1.54, 1.807) is 6.07 Å². The summed E-state index contributed by atoms with van der Waals surface area (Å²) < 4.78 is 0. The van der Waals surface area contributed by atoms with E-state index < -0.39 is 0 Å². The molecule has 5 nitrogen and oxygen atoms in total. The highest BCUT2D eigenvalue weighted by atomic mass is 35.5. The van der Waals surface area contributed by atoms with E-state index in [0.29, 0.717) is 11.6 Å². The quantitative estimate of drug-likeness (QED) is 0.835. The number of benzene rings is 1. The number of nitrogens with two attached hydrogens (primary N) is 1. The van der Waals surface area contributed by atoms with Crippen LogP contribution in [0, 0.1) is 0 Å². The monoisotopic (exact) mass is 346 g/mol. The Morgan fingerprint density at radius 3 is 2.92 bits per heavy atom. The van der Waals surface area contributed by atoms with Crippen molar-refractivity contribution in [3.8, 4) is 0 Å². The van der Waals surface area contributed by atoms with Crippen molar-refractivity contribution >= 4 is 34.1 Å². The maximum Gasteiger partial charge on any atom is 0.219 e. The van der Waals surface area contributed by atoms with E-state index in [0.717, 1.165) is 41.7 Å². The summed E-state index contributed by atoms with van der Waals surface area (Å²) in [6.07, 6.45) is 1.42. The van der Waals surface area contributed by atoms with E-state index in [2.05, 4.69) is 21.3 Å². The van der Waals surface area contributed by atoms with Gasteiger partial charge in [-0.25, -0.2) is 4.98 Å². The standard InChI is InChI=1S/C18H23ClN4O/c1-3-16(24)21-13-8-9-23(10-13)18-14(11(2)20)6-4-12-5-7-15(19)22-17(12)18/h4-7,11,13H,3,8-10,20H2,1-2H3,(H,21,24)/t11?,13-/m0/s1. The van der Waals surface area contributed by atoms with E-state index in [1.165, 1.54) is 0 Å². The zero-order valence-electron chi connectivity index (χ0n) is 14.1. The lowest BCUT2D eigenvalue weighted by Crippen LogP contribution is -2.37. The molecular weight excluding hydrogens is 324 g/mol. The van der Waals surface area contributed by atoms with Crippen LogP contribution in [-0.2, 0) is 4.79 Å². The topological polar surface area (TPSA) is 71.2 Å². The second kappa shape index (κ2) is 6.95. The molecule has 0 spiro atoms. The number of pyridine rings is 1. The van der Waals surface area contributed by atoms with Crippen LogP contribution in [0.3, 0.4) is 0 Å². The van der Waals surface area contributed by atoms with Crippen molar-refractivity contribution in [3.63, 3.8) is 0 Å². The van der Waals surface area contributed by atoms with E-state index in [-0.39, 0.29) is 18.0 Å². The highest BCUT2D eigenvalue weighted by Crippen LogP contribution is 2.35. The number of rotatable bonds is 4. The molecule has 1 unspecified atom stereocenters. The van der Waals surface area contributed by atoms with Crippen molar-refractivity contribution in [3.05, 3.63) is 35.0 Å². The number of halogens is 1. The van der Waals surface area contributed by atoms with Crippen molar-refractivity contribution < 1.29 is 4.79 Å². The van der Waals surface area contributed by atoms with Crippen LogP contribution in [0.4, 0.5) is 5.69 Å². The molecular formula is C18H23ClN4O. The second-order valence-electron chi connectivity index (χ2n) is 6.35. The molecule has 1 aliphatic heterocycles. The van der Waals surface area contributed by atoms with Gasteiger partial charge in [0.15, 0.2) is 0 Å². The first kappa shape index (κ1) is 17.0. The highest BCUT2D eigenvalue weighted by Gasteiger charge is 2.27. The fraction of sp³-hybridized carbons (Fsp3) is 0.444. The zero-order valence-corrected chi connectivity index (χ0v) is 14.8. The third-order valence-corrected chi connectivity index (χ3v) is 4.72. The minimum atomic E-state index is -0.102. The molecule has 2 aromatic rings. The molecule has 3 rings (SSSR count). The summed E-state index contributed by atoms with van der Waals surface area (Å²) in [4.78, 5) is 18.5. The Balaban J connectivity index is 2.00. The van der Waals surface area contributed by atoms with E-state index in [4.69, 9.17) is 17.3 Å². The number of hydrogen-bond acceptors (Lipinski definition) is 4. The molecule has 1 aliphatic rings. The van der Waals surface area contributed by atoms with Crippen molar-refractivity contribution in [2.24, 2.45) is 5.73 Å². The van der Waals surface area contributed by atoms with Crippen LogP contribution in [0.15, 0.2) is 24.3 Å². The van der Waals surface area contributed by atoms with E-state index in [1.807, 2.05) is 26.0 Å². The first-order chi connectivity index (χ1) is 11.5. The number of nitrogens with one attached hydrogen (secondary N) is 1. The molecule has 6 heteroatoms. The minimum Gasteiger partial charge on any atom is -0.367 e. The predicted molar refractivity (Wildman–Crippen MR) is 98.4 cm³/mol. The largest absolute Gasteiger partial charge is 0.367 e. The van der Waals surface area contributed by atoms with Crippen LogP contribution >= 0.6 is 11.6 Å².